The molecule has 5 aromatic rings. The molecule has 7 nitrogen and oxygen atoms in total. The van der Waals surface area contributed by atoms with Crippen molar-refractivity contribution < 1.29 is 32.8 Å². The Balaban J connectivity index is 0.000000210. The van der Waals surface area contributed by atoms with Crippen LogP contribution >= 0.6 is 7.26 Å². The summed E-state index contributed by atoms with van der Waals surface area (Å²) in [5, 5.41) is 22.7. The number of carbonyl (C=O) groups is 2. The molecule has 9 heteroatoms. The summed E-state index contributed by atoms with van der Waals surface area (Å²) in [6.45, 7) is 0. The van der Waals surface area contributed by atoms with Gasteiger partial charge in [0.15, 0.2) is 0 Å². The standard InChI is InChI=1S/C24H20P.C8H6O7S/c1-5-13-21(14-6-1)25(22-15-7-2-8-16-22,23-17-9-3-10-18-23)24-19-11-4-12-20-24;9-7(10)4-1-5(8(11)12)3-6(2-4)16(13,14)15/h1-20H;1-3H,(H,9,10)(H,11,12)(H,13,14,15)/q+1;/p-1. The molecule has 0 aliphatic heterocycles. The predicted octanol–water partition coefficient (Wildman–Crippen LogP) is 4.29. The summed E-state index contributed by atoms with van der Waals surface area (Å²) in [5.74, 6) is -3.04. The number of hydrogen-bond donors (Lipinski definition) is 2. The van der Waals surface area contributed by atoms with Gasteiger partial charge in [0.1, 0.15) is 38.6 Å². The fraction of sp³-hybridized carbons (Fsp3) is 0. The van der Waals surface area contributed by atoms with E-state index in [9.17, 15) is 22.6 Å². The molecule has 2 N–H and O–H groups in total. The van der Waals surface area contributed by atoms with Crippen molar-refractivity contribution in [3.63, 3.8) is 0 Å². The molecular weight excluding hydrogens is 559 g/mol. The van der Waals surface area contributed by atoms with E-state index in [0.717, 1.165) is 6.07 Å². The van der Waals surface area contributed by atoms with Gasteiger partial charge in [0, 0.05) is 0 Å². The molecular formula is C32H25O7PS. The molecule has 5 aromatic carbocycles. The summed E-state index contributed by atoms with van der Waals surface area (Å²) in [6.07, 6.45) is 0. The van der Waals surface area contributed by atoms with E-state index in [1.54, 1.807) is 0 Å². The number of aromatic carboxylic acids is 2. The Morgan fingerprint density at radius 2 is 0.780 bits per heavy atom. The average Bonchev–Trinajstić information content (AvgIpc) is 2.99. The van der Waals surface area contributed by atoms with E-state index >= 15 is 0 Å². The van der Waals surface area contributed by atoms with Crippen molar-refractivity contribution in [3.8, 4) is 0 Å². The molecule has 0 heterocycles. The molecule has 0 saturated carbocycles. The molecule has 206 valence electrons. The first-order valence-electron chi connectivity index (χ1n) is 12.3. The molecule has 0 radical (unpaired) electrons. The normalized spacial score (nSPS) is 11.1. The lowest BCUT2D eigenvalue weighted by Gasteiger charge is -2.27. The van der Waals surface area contributed by atoms with E-state index in [1.807, 2.05) is 0 Å². The van der Waals surface area contributed by atoms with Gasteiger partial charge < -0.3 is 14.8 Å². The van der Waals surface area contributed by atoms with Crippen LogP contribution in [0.2, 0.25) is 0 Å². The fourth-order valence-corrected chi connectivity index (χ4v) is 9.30. The van der Waals surface area contributed by atoms with Crippen LogP contribution in [0, 0.1) is 0 Å². The first-order valence-corrected chi connectivity index (χ1v) is 15.5. The number of benzene rings is 5. The van der Waals surface area contributed by atoms with Crippen LogP contribution in [0.4, 0.5) is 0 Å². The Morgan fingerprint density at radius 3 is 1.00 bits per heavy atom. The maximum absolute atomic E-state index is 10.6. The Kier molecular flexibility index (Phi) is 9.10. The number of hydrogen-bond acceptors (Lipinski definition) is 5. The third kappa shape index (κ3) is 6.58. The van der Waals surface area contributed by atoms with E-state index in [2.05, 4.69) is 121 Å². The largest absolute Gasteiger partial charge is 0.744 e. The first kappa shape index (κ1) is 29.4. The van der Waals surface area contributed by atoms with Gasteiger partial charge >= 0.3 is 11.9 Å². The van der Waals surface area contributed by atoms with Gasteiger partial charge in [-0.2, -0.15) is 0 Å². The van der Waals surface area contributed by atoms with Crippen molar-refractivity contribution in [2.45, 2.75) is 4.90 Å². The number of carboxylic acids is 2. The molecule has 41 heavy (non-hydrogen) atoms. The molecule has 0 aliphatic carbocycles. The topological polar surface area (TPSA) is 132 Å². The Morgan fingerprint density at radius 1 is 0.512 bits per heavy atom. The average molecular weight is 585 g/mol. The first-order chi connectivity index (χ1) is 19.6. The smallest absolute Gasteiger partial charge is 0.335 e. The van der Waals surface area contributed by atoms with Gasteiger partial charge in [0.05, 0.1) is 16.0 Å². The van der Waals surface area contributed by atoms with Gasteiger partial charge in [0.2, 0.25) is 0 Å². The van der Waals surface area contributed by atoms with Crippen molar-refractivity contribution >= 4 is 50.5 Å². The second kappa shape index (κ2) is 12.7. The molecule has 0 aromatic heterocycles. The summed E-state index contributed by atoms with van der Waals surface area (Å²) < 4.78 is 31.9. The summed E-state index contributed by atoms with van der Waals surface area (Å²) in [4.78, 5) is 20.2. The lowest BCUT2D eigenvalue weighted by molar-refractivity contribution is 0.0696. The van der Waals surface area contributed by atoms with Gasteiger partial charge in [-0.1, -0.05) is 72.8 Å². The highest BCUT2D eigenvalue weighted by atomic mass is 32.2. The van der Waals surface area contributed by atoms with Crippen molar-refractivity contribution in [3.05, 3.63) is 151 Å². The highest BCUT2D eigenvalue weighted by Gasteiger charge is 2.47. The SMILES string of the molecule is O=C(O)c1cc(C(=O)O)cc(S(=O)(=O)[O-])c1.c1ccc([P+](c2ccccc2)(c2ccccc2)c2ccccc2)cc1. The van der Waals surface area contributed by atoms with Crippen LogP contribution in [-0.2, 0) is 10.1 Å². The van der Waals surface area contributed by atoms with E-state index in [4.69, 9.17) is 10.2 Å². The maximum Gasteiger partial charge on any atom is 0.335 e. The fourth-order valence-electron chi connectivity index (χ4n) is 4.49. The van der Waals surface area contributed by atoms with Crippen LogP contribution in [0.5, 0.6) is 0 Å². The molecule has 0 aliphatic rings. The Bertz CT molecular complexity index is 1550. The summed E-state index contributed by atoms with van der Waals surface area (Å²) in [6, 6.07) is 45.8. The zero-order valence-electron chi connectivity index (χ0n) is 21.6. The van der Waals surface area contributed by atoms with Crippen LogP contribution in [0.25, 0.3) is 0 Å². The van der Waals surface area contributed by atoms with Gasteiger partial charge in [-0.3, -0.25) is 0 Å². The van der Waals surface area contributed by atoms with Crippen LogP contribution in [0.15, 0.2) is 144 Å². The molecule has 0 spiro atoms. The van der Waals surface area contributed by atoms with Crippen LogP contribution in [0.3, 0.4) is 0 Å². The molecule has 0 atom stereocenters. The molecule has 5 rings (SSSR count). The maximum atomic E-state index is 10.6. The summed E-state index contributed by atoms with van der Waals surface area (Å²) in [5.41, 5.74) is -1.15. The lowest BCUT2D eigenvalue weighted by Crippen LogP contribution is -2.38. The monoisotopic (exact) mass is 584 g/mol. The van der Waals surface area contributed by atoms with Crippen molar-refractivity contribution in [2.75, 3.05) is 0 Å². The van der Waals surface area contributed by atoms with Crippen LogP contribution < -0.4 is 21.2 Å². The van der Waals surface area contributed by atoms with E-state index < -0.39 is 45.3 Å². The zero-order valence-corrected chi connectivity index (χ0v) is 23.3. The predicted molar refractivity (Wildman–Crippen MR) is 160 cm³/mol. The quantitative estimate of drug-likeness (QED) is 0.215. The Labute approximate surface area is 238 Å². The second-order valence-corrected chi connectivity index (χ2v) is 13.6. The Hall–Kier alpha value is -4.62. The van der Waals surface area contributed by atoms with Crippen molar-refractivity contribution in [1.29, 1.82) is 0 Å². The van der Waals surface area contributed by atoms with Crippen molar-refractivity contribution in [2.24, 2.45) is 0 Å². The van der Waals surface area contributed by atoms with Gasteiger partial charge in [-0.15, -0.1) is 0 Å². The number of carboxylic acid groups (broad SMARTS) is 2. The molecule has 0 saturated heterocycles. The minimum atomic E-state index is -4.89. The van der Waals surface area contributed by atoms with E-state index in [-0.39, 0.29) is 0 Å². The third-order valence-corrected chi connectivity index (χ3v) is 11.4. The van der Waals surface area contributed by atoms with E-state index in [0.29, 0.717) is 12.1 Å². The molecule has 0 fully saturated rings. The second-order valence-electron chi connectivity index (χ2n) is 8.82. The zero-order chi connectivity index (χ0) is 29.5. The van der Waals surface area contributed by atoms with Crippen LogP contribution in [-0.4, -0.2) is 35.1 Å². The molecule has 0 unspecified atom stereocenters. The van der Waals surface area contributed by atoms with Crippen molar-refractivity contribution in [1.82, 2.24) is 0 Å². The minimum Gasteiger partial charge on any atom is -0.744 e. The van der Waals surface area contributed by atoms with Crippen LogP contribution in [0.1, 0.15) is 20.7 Å². The third-order valence-electron chi connectivity index (χ3n) is 6.26. The summed E-state index contributed by atoms with van der Waals surface area (Å²) >= 11 is 0. The lowest BCUT2D eigenvalue weighted by atomic mass is 10.1. The highest BCUT2D eigenvalue weighted by Crippen LogP contribution is 2.53. The van der Waals surface area contributed by atoms with Gasteiger partial charge in [0.25, 0.3) is 0 Å². The highest BCUT2D eigenvalue weighted by molar-refractivity contribution is 8.01. The number of rotatable bonds is 7. The van der Waals surface area contributed by atoms with E-state index in [1.165, 1.54) is 21.2 Å². The minimum absolute atomic E-state index is 0.575. The molecule has 0 bridgehead atoms. The summed E-state index contributed by atoms with van der Waals surface area (Å²) in [7, 11) is -6.80. The van der Waals surface area contributed by atoms with Gasteiger partial charge in [-0.25, -0.2) is 18.0 Å². The van der Waals surface area contributed by atoms with Gasteiger partial charge in [-0.05, 0) is 66.7 Å². The molecule has 0 amide bonds.